The van der Waals surface area contributed by atoms with E-state index in [0.717, 1.165) is 28.3 Å². The van der Waals surface area contributed by atoms with E-state index in [1.807, 2.05) is 13.8 Å². The van der Waals surface area contributed by atoms with E-state index in [1.165, 1.54) is 78.7 Å². The lowest BCUT2D eigenvalue weighted by atomic mass is 9.98. The molecule has 0 aliphatic carbocycles. The summed E-state index contributed by atoms with van der Waals surface area (Å²) in [6.45, 7) is 8.16. The zero-order chi connectivity index (χ0) is 41.7. The van der Waals surface area contributed by atoms with Gasteiger partial charge in [-0.15, -0.1) is 0 Å². The monoisotopic (exact) mass is 844 g/mol. The van der Waals surface area contributed by atoms with Crippen molar-refractivity contribution in [3.8, 4) is 22.3 Å². The van der Waals surface area contributed by atoms with Crippen LogP contribution in [0, 0.1) is 13.8 Å². The van der Waals surface area contributed by atoms with Crippen molar-refractivity contribution < 1.29 is 25.9 Å². The lowest BCUT2D eigenvalue weighted by Crippen LogP contribution is -1.96. The van der Waals surface area contributed by atoms with Crippen molar-refractivity contribution in [2.45, 2.75) is 23.6 Å². The minimum atomic E-state index is -4.02. The first kappa shape index (κ1) is 44.1. The van der Waals surface area contributed by atoms with Gasteiger partial charge in [0.15, 0.2) is 0 Å². The summed E-state index contributed by atoms with van der Waals surface area (Å²) in [6.07, 6.45) is 0. The molecular formula is C48H46O6P2S2. The second-order valence-electron chi connectivity index (χ2n) is 13.2. The Morgan fingerprint density at radius 3 is 0.948 bits per heavy atom. The van der Waals surface area contributed by atoms with E-state index in [0.29, 0.717) is 0 Å². The first-order chi connectivity index (χ1) is 27.8. The van der Waals surface area contributed by atoms with Crippen LogP contribution in [-0.2, 0) is 20.2 Å². The zero-order valence-corrected chi connectivity index (χ0v) is 36.3. The van der Waals surface area contributed by atoms with Gasteiger partial charge in [0.25, 0.3) is 20.2 Å². The third-order valence-electron chi connectivity index (χ3n) is 9.19. The maximum atomic E-state index is 10.5. The minimum absolute atomic E-state index is 0.0666. The van der Waals surface area contributed by atoms with Crippen molar-refractivity contribution in [3.63, 3.8) is 0 Å². The Hall–Kier alpha value is -5.04. The van der Waals surface area contributed by atoms with E-state index in [9.17, 15) is 16.8 Å². The number of benzene rings is 8. The van der Waals surface area contributed by atoms with Crippen LogP contribution in [0.3, 0.4) is 0 Å². The van der Waals surface area contributed by atoms with E-state index >= 15 is 0 Å². The van der Waals surface area contributed by atoms with E-state index in [1.54, 1.807) is 24.3 Å². The number of hydrogen-bond donors (Lipinski definition) is 2. The molecule has 2 unspecified atom stereocenters. The van der Waals surface area contributed by atoms with Crippen LogP contribution in [0.4, 0.5) is 0 Å². The molecule has 0 fully saturated rings. The molecule has 0 spiro atoms. The van der Waals surface area contributed by atoms with Gasteiger partial charge in [0, 0.05) is 0 Å². The van der Waals surface area contributed by atoms with Gasteiger partial charge in [0.05, 0.1) is 9.79 Å². The normalized spacial score (nSPS) is 11.4. The molecule has 8 aromatic rings. The molecule has 0 saturated carbocycles. The SMILES string of the molecule is CPc1ccc(-c2ccccc2)c2ccccc12.CPc1ccc(-c2ccccc2)c2ccccc12.Cc1ccc(S(=O)(=O)O)cc1.Cc1ccc(S(=O)(=O)O)cc1. The summed E-state index contributed by atoms with van der Waals surface area (Å²) < 4.78 is 59.1. The number of hydrogen-bond acceptors (Lipinski definition) is 4. The Bertz CT molecular complexity index is 2600. The first-order valence-electron chi connectivity index (χ1n) is 18.4. The highest BCUT2D eigenvalue weighted by Crippen LogP contribution is 2.31. The van der Waals surface area contributed by atoms with Gasteiger partial charge in [-0.2, -0.15) is 16.8 Å². The van der Waals surface area contributed by atoms with Gasteiger partial charge in [-0.1, -0.05) is 186 Å². The summed E-state index contributed by atoms with van der Waals surface area (Å²) >= 11 is 0. The van der Waals surface area contributed by atoms with Crippen LogP contribution in [-0.4, -0.2) is 39.3 Å². The van der Waals surface area contributed by atoms with E-state index in [4.69, 9.17) is 9.11 Å². The Morgan fingerprint density at radius 1 is 0.362 bits per heavy atom. The Balaban J connectivity index is 0.000000152. The highest BCUT2D eigenvalue weighted by molar-refractivity contribution is 7.86. The second-order valence-corrected chi connectivity index (χ2v) is 18.1. The highest BCUT2D eigenvalue weighted by Gasteiger charge is 2.09. The average Bonchev–Trinajstić information content (AvgIpc) is 3.24. The Morgan fingerprint density at radius 2 is 0.655 bits per heavy atom. The standard InChI is InChI=1S/2C17H15P.2C7H8O3S/c2*1-18-17-12-11-14(13-7-3-2-4-8-13)15-9-5-6-10-16(15)17;2*1-6-2-4-7(5-3-6)11(8,9)10/h2*2-12,18H,1H3;2*2-5H,1H3,(H,8,9,10). The molecule has 6 nitrogen and oxygen atoms in total. The Labute approximate surface area is 346 Å². The van der Waals surface area contributed by atoms with Crippen LogP contribution in [0.5, 0.6) is 0 Å². The van der Waals surface area contributed by atoms with E-state index < -0.39 is 20.2 Å². The molecule has 2 atom stereocenters. The molecule has 10 heteroatoms. The molecule has 0 aliphatic heterocycles. The molecule has 0 aromatic heterocycles. The molecule has 0 bridgehead atoms. The van der Waals surface area contributed by atoms with Gasteiger partial charge in [-0.25, -0.2) is 0 Å². The fourth-order valence-corrected chi connectivity index (χ4v) is 8.63. The van der Waals surface area contributed by atoms with Crippen molar-refractivity contribution in [2.75, 3.05) is 13.3 Å². The van der Waals surface area contributed by atoms with Gasteiger partial charge in [0.2, 0.25) is 0 Å². The van der Waals surface area contributed by atoms with Gasteiger partial charge in [0.1, 0.15) is 0 Å². The molecule has 0 radical (unpaired) electrons. The van der Waals surface area contributed by atoms with Gasteiger partial charge >= 0.3 is 0 Å². The third-order valence-corrected chi connectivity index (χ3v) is 12.9. The molecule has 296 valence electrons. The average molecular weight is 845 g/mol. The highest BCUT2D eigenvalue weighted by atomic mass is 32.2. The summed E-state index contributed by atoms with van der Waals surface area (Å²) in [4.78, 5) is -0.133. The molecule has 2 N–H and O–H groups in total. The minimum Gasteiger partial charge on any atom is -0.282 e. The van der Waals surface area contributed by atoms with Crippen LogP contribution >= 0.6 is 17.2 Å². The molecule has 58 heavy (non-hydrogen) atoms. The van der Waals surface area contributed by atoms with Crippen molar-refractivity contribution >= 4 is 69.6 Å². The smallest absolute Gasteiger partial charge is 0.282 e. The van der Waals surface area contributed by atoms with Crippen LogP contribution < -0.4 is 10.6 Å². The van der Waals surface area contributed by atoms with Crippen LogP contribution in [0.1, 0.15) is 11.1 Å². The van der Waals surface area contributed by atoms with E-state index in [-0.39, 0.29) is 9.79 Å². The lowest BCUT2D eigenvalue weighted by Gasteiger charge is -2.10. The summed E-state index contributed by atoms with van der Waals surface area (Å²) in [5.74, 6) is 0. The predicted molar refractivity (Wildman–Crippen MR) is 249 cm³/mol. The molecule has 0 aliphatic rings. The van der Waals surface area contributed by atoms with Gasteiger partial charge < -0.3 is 0 Å². The Kier molecular flexibility index (Phi) is 15.6. The van der Waals surface area contributed by atoms with Crippen molar-refractivity contribution in [1.82, 2.24) is 0 Å². The maximum Gasteiger partial charge on any atom is 0.294 e. The lowest BCUT2D eigenvalue weighted by molar-refractivity contribution is 0.481. The van der Waals surface area contributed by atoms with Gasteiger partial charge in [-0.3, -0.25) is 9.11 Å². The van der Waals surface area contributed by atoms with Crippen molar-refractivity contribution in [3.05, 3.63) is 193 Å². The van der Waals surface area contributed by atoms with Crippen LogP contribution in [0.2, 0.25) is 0 Å². The second kappa shape index (κ2) is 20.6. The number of aryl methyl sites for hydroxylation is 2. The molecule has 0 amide bonds. The largest absolute Gasteiger partial charge is 0.294 e. The molecule has 0 heterocycles. The third kappa shape index (κ3) is 12.0. The zero-order valence-electron chi connectivity index (χ0n) is 32.7. The van der Waals surface area contributed by atoms with E-state index in [2.05, 4.69) is 147 Å². The van der Waals surface area contributed by atoms with Crippen molar-refractivity contribution in [1.29, 1.82) is 0 Å². The summed E-state index contributed by atoms with van der Waals surface area (Å²) in [5, 5.41) is 8.39. The first-order valence-corrected chi connectivity index (χ1v) is 24.3. The molecular weight excluding hydrogens is 799 g/mol. The predicted octanol–water partition coefficient (Wildman–Crippen LogP) is 11.4. The number of rotatable bonds is 6. The summed E-state index contributed by atoms with van der Waals surface area (Å²) in [5.41, 5.74) is 7.15. The van der Waals surface area contributed by atoms with Crippen LogP contribution in [0.15, 0.2) is 192 Å². The maximum absolute atomic E-state index is 10.5. The molecule has 8 aromatic carbocycles. The molecule has 8 rings (SSSR count). The quantitative estimate of drug-likeness (QED) is 0.127. The summed E-state index contributed by atoms with van der Waals surface area (Å²) in [6, 6.07) is 59.6. The summed E-state index contributed by atoms with van der Waals surface area (Å²) in [7, 11) is -6.36. The number of fused-ring (bicyclic) bond motifs is 2. The fraction of sp³-hybridized carbons (Fsp3) is 0.0833. The van der Waals surface area contributed by atoms with Gasteiger partial charge in [-0.05, 0) is 106 Å². The fourth-order valence-electron chi connectivity index (χ4n) is 6.19. The van der Waals surface area contributed by atoms with Crippen LogP contribution in [0.25, 0.3) is 43.8 Å². The molecule has 0 saturated heterocycles. The van der Waals surface area contributed by atoms with Crippen molar-refractivity contribution in [2.24, 2.45) is 0 Å². The topological polar surface area (TPSA) is 109 Å².